The number of ketones is 1. The fraction of sp³-hybridized carbons (Fsp3) is 0.0417. The molecule has 0 aliphatic heterocycles. The standard InChI is InChI=1S/C24H19FN2O4S2/c1-31-19-10-6-5-9-18(19)27-24-23(33(29,30)17-7-3-2-4-8-17)20(26)22(32-24)21(28)15-11-13-16(25)14-12-15/h2-14,27H,26H2,1H3. The van der Waals surface area contributed by atoms with Gasteiger partial charge in [-0.1, -0.05) is 30.3 Å². The topological polar surface area (TPSA) is 98.5 Å². The highest BCUT2D eigenvalue weighted by molar-refractivity contribution is 7.92. The average molecular weight is 483 g/mol. The molecular formula is C24H19FN2O4S2. The van der Waals surface area contributed by atoms with Gasteiger partial charge in [0.1, 0.15) is 26.3 Å². The van der Waals surface area contributed by atoms with Crippen LogP contribution in [0.15, 0.2) is 88.7 Å². The van der Waals surface area contributed by atoms with Crippen molar-refractivity contribution in [3.8, 4) is 5.75 Å². The summed E-state index contributed by atoms with van der Waals surface area (Å²) in [6.45, 7) is 0. The molecule has 0 atom stereocenters. The van der Waals surface area contributed by atoms with Gasteiger partial charge in [0.2, 0.25) is 15.6 Å². The van der Waals surface area contributed by atoms with E-state index in [1.807, 2.05) is 0 Å². The van der Waals surface area contributed by atoms with Gasteiger partial charge in [-0.25, -0.2) is 12.8 Å². The molecule has 0 fully saturated rings. The Labute approximate surface area is 194 Å². The summed E-state index contributed by atoms with van der Waals surface area (Å²) in [6, 6.07) is 19.8. The first kappa shape index (κ1) is 22.5. The monoisotopic (exact) mass is 482 g/mol. The summed E-state index contributed by atoms with van der Waals surface area (Å²) in [7, 11) is -2.58. The number of sulfone groups is 1. The third-order valence-electron chi connectivity index (χ3n) is 4.89. The van der Waals surface area contributed by atoms with Gasteiger partial charge >= 0.3 is 0 Å². The number of anilines is 3. The summed E-state index contributed by atoms with van der Waals surface area (Å²) in [5, 5.41) is 3.24. The van der Waals surface area contributed by atoms with Crippen LogP contribution in [0.3, 0.4) is 0 Å². The van der Waals surface area contributed by atoms with Crippen LogP contribution in [-0.2, 0) is 9.84 Å². The van der Waals surface area contributed by atoms with E-state index in [2.05, 4.69) is 5.32 Å². The lowest BCUT2D eigenvalue weighted by atomic mass is 10.1. The number of carbonyl (C=O) groups is 1. The molecule has 0 aliphatic rings. The summed E-state index contributed by atoms with van der Waals surface area (Å²) >= 11 is 0.915. The average Bonchev–Trinajstić information content (AvgIpc) is 3.16. The number of ether oxygens (including phenoxy) is 1. The maximum atomic E-state index is 13.5. The van der Waals surface area contributed by atoms with E-state index in [9.17, 15) is 17.6 Å². The molecular weight excluding hydrogens is 463 g/mol. The van der Waals surface area contributed by atoms with E-state index in [1.54, 1.807) is 42.5 Å². The Morgan fingerprint density at radius 3 is 2.27 bits per heavy atom. The fourth-order valence-electron chi connectivity index (χ4n) is 3.27. The number of carbonyl (C=O) groups excluding carboxylic acids is 1. The zero-order valence-corrected chi connectivity index (χ0v) is 19.0. The molecule has 0 saturated carbocycles. The van der Waals surface area contributed by atoms with Crippen LogP contribution >= 0.6 is 11.3 Å². The molecule has 3 N–H and O–H groups in total. The van der Waals surface area contributed by atoms with Gasteiger partial charge in [0.15, 0.2) is 0 Å². The maximum Gasteiger partial charge on any atom is 0.211 e. The quantitative estimate of drug-likeness (QED) is 0.348. The maximum absolute atomic E-state index is 13.5. The van der Waals surface area contributed by atoms with Crippen LogP contribution in [0.4, 0.5) is 20.8 Å². The molecule has 0 radical (unpaired) electrons. The van der Waals surface area contributed by atoms with Crippen LogP contribution in [0.5, 0.6) is 5.75 Å². The smallest absolute Gasteiger partial charge is 0.211 e. The van der Waals surface area contributed by atoms with Crippen LogP contribution in [0.1, 0.15) is 15.2 Å². The normalized spacial score (nSPS) is 11.2. The third-order valence-corrected chi connectivity index (χ3v) is 7.99. The summed E-state index contributed by atoms with van der Waals surface area (Å²) in [6.07, 6.45) is 0. The minimum Gasteiger partial charge on any atom is -0.495 e. The van der Waals surface area contributed by atoms with Crippen molar-refractivity contribution in [1.82, 2.24) is 0 Å². The zero-order valence-electron chi connectivity index (χ0n) is 17.4. The van der Waals surface area contributed by atoms with Crippen molar-refractivity contribution in [2.75, 3.05) is 18.2 Å². The van der Waals surface area contributed by atoms with E-state index in [4.69, 9.17) is 10.5 Å². The van der Waals surface area contributed by atoms with E-state index >= 15 is 0 Å². The number of para-hydroxylation sites is 2. The van der Waals surface area contributed by atoms with E-state index in [-0.39, 0.29) is 30.9 Å². The van der Waals surface area contributed by atoms with Crippen molar-refractivity contribution in [2.24, 2.45) is 0 Å². The lowest BCUT2D eigenvalue weighted by Crippen LogP contribution is -2.08. The first-order valence-corrected chi connectivity index (χ1v) is 12.1. The Balaban J connectivity index is 1.90. The largest absolute Gasteiger partial charge is 0.495 e. The molecule has 0 aliphatic carbocycles. The Hall–Kier alpha value is -3.69. The molecule has 4 rings (SSSR count). The molecule has 0 bridgehead atoms. The van der Waals surface area contributed by atoms with Crippen LogP contribution in [0.25, 0.3) is 0 Å². The lowest BCUT2D eigenvalue weighted by molar-refractivity contribution is 0.104. The zero-order chi connectivity index (χ0) is 23.6. The number of nitrogens with one attached hydrogen (secondary N) is 1. The van der Waals surface area contributed by atoms with Crippen molar-refractivity contribution in [2.45, 2.75) is 9.79 Å². The SMILES string of the molecule is COc1ccccc1Nc1sc(C(=O)c2ccc(F)cc2)c(N)c1S(=O)(=O)c1ccccc1. The number of benzene rings is 3. The van der Waals surface area contributed by atoms with Gasteiger partial charge in [-0.05, 0) is 48.5 Å². The van der Waals surface area contributed by atoms with E-state index in [0.29, 0.717) is 11.4 Å². The molecule has 1 aromatic heterocycles. The second-order valence-electron chi connectivity index (χ2n) is 6.98. The number of methoxy groups -OCH3 is 1. The fourth-order valence-corrected chi connectivity index (χ4v) is 6.21. The lowest BCUT2D eigenvalue weighted by Gasteiger charge is -2.12. The predicted octanol–water partition coefficient (Wildman–Crippen LogP) is 5.29. The van der Waals surface area contributed by atoms with Crippen molar-refractivity contribution >= 4 is 43.3 Å². The molecule has 1 heterocycles. The second-order valence-corrected chi connectivity index (χ2v) is 9.89. The van der Waals surface area contributed by atoms with Gasteiger partial charge in [-0.3, -0.25) is 4.79 Å². The van der Waals surface area contributed by atoms with E-state index in [0.717, 1.165) is 23.5 Å². The number of nitrogens with two attached hydrogens (primary N) is 1. The van der Waals surface area contributed by atoms with Crippen LogP contribution < -0.4 is 15.8 Å². The Bertz CT molecular complexity index is 1420. The van der Waals surface area contributed by atoms with Crippen LogP contribution in [0, 0.1) is 5.82 Å². The van der Waals surface area contributed by atoms with Crippen molar-refractivity contribution in [3.63, 3.8) is 0 Å². The minimum absolute atomic E-state index is 0.0357. The first-order valence-electron chi connectivity index (χ1n) is 9.75. The number of rotatable bonds is 7. The number of thiophene rings is 1. The Morgan fingerprint density at radius 1 is 0.970 bits per heavy atom. The van der Waals surface area contributed by atoms with Gasteiger partial charge in [-0.2, -0.15) is 0 Å². The van der Waals surface area contributed by atoms with Gasteiger partial charge < -0.3 is 15.8 Å². The number of hydrogen-bond donors (Lipinski definition) is 2. The molecule has 3 aromatic carbocycles. The van der Waals surface area contributed by atoms with Gasteiger partial charge in [0, 0.05) is 5.56 Å². The Kier molecular flexibility index (Phi) is 6.17. The highest BCUT2D eigenvalue weighted by atomic mass is 32.2. The highest BCUT2D eigenvalue weighted by Crippen LogP contribution is 2.45. The molecule has 4 aromatic rings. The Morgan fingerprint density at radius 2 is 1.61 bits per heavy atom. The molecule has 0 amide bonds. The van der Waals surface area contributed by atoms with E-state index < -0.39 is 21.4 Å². The molecule has 6 nitrogen and oxygen atoms in total. The number of nitrogen functional groups attached to an aromatic ring is 1. The summed E-state index contributed by atoms with van der Waals surface area (Å²) in [5.41, 5.74) is 6.81. The first-order chi connectivity index (χ1) is 15.8. The predicted molar refractivity (Wildman–Crippen MR) is 127 cm³/mol. The third kappa shape index (κ3) is 4.33. The van der Waals surface area contributed by atoms with Crippen molar-refractivity contribution in [3.05, 3.63) is 95.1 Å². The van der Waals surface area contributed by atoms with Gasteiger partial charge in [0.25, 0.3) is 0 Å². The molecule has 33 heavy (non-hydrogen) atoms. The van der Waals surface area contributed by atoms with Crippen molar-refractivity contribution < 1.29 is 22.3 Å². The number of hydrogen-bond acceptors (Lipinski definition) is 7. The highest BCUT2D eigenvalue weighted by Gasteiger charge is 2.32. The summed E-state index contributed by atoms with van der Waals surface area (Å²) < 4.78 is 45.7. The van der Waals surface area contributed by atoms with Crippen molar-refractivity contribution in [1.29, 1.82) is 0 Å². The summed E-state index contributed by atoms with van der Waals surface area (Å²) in [4.78, 5) is 13.0. The molecule has 168 valence electrons. The number of halogens is 1. The summed E-state index contributed by atoms with van der Waals surface area (Å²) in [5.74, 6) is -0.509. The van der Waals surface area contributed by atoms with E-state index in [1.165, 1.54) is 31.4 Å². The van der Waals surface area contributed by atoms with Crippen LogP contribution in [0.2, 0.25) is 0 Å². The van der Waals surface area contributed by atoms with Crippen LogP contribution in [-0.4, -0.2) is 21.3 Å². The van der Waals surface area contributed by atoms with Gasteiger partial charge in [0.05, 0.1) is 23.4 Å². The molecule has 0 unspecified atom stereocenters. The van der Waals surface area contributed by atoms with Gasteiger partial charge in [-0.15, -0.1) is 11.3 Å². The second kappa shape index (κ2) is 9.05. The molecule has 0 saturated heterocycles. The molecule has 0 spiro atoms. The minimum atomic E-state index is -4.07. The molecule has 9 heteroatoms.